The van der Waals surface area contributed by atoms with E-state index in [0.29, 0.717) is 37.1 Å². The van der Waals surface area contributed by atoms with Crippen LogP contribution in [0.3, 0.4) is 0 Å². The summed E-state index contributed by atoms with van der Waals surface area (Å²) in [5, 5.41) is 8.78. The largest absolute Gasteiger partial charge is 0.273 e. The molecule has 0 fully saturated rings. The van der Waals surface area contributed by atoms with Crippen molar-refractivity contribution in [2.45, 2.75) is 38.5 Å². The van der Waals surface area contributed by atoms with Gasteiger partial charge in [0.15, 0.2) is 0 Å². The number of pyridine rings is 2. The number of hydrogen-bond acceptors (Lipinski definition) is 6. The Morgan fingerprint density at radius 1 is 0.525 bits per heavy atom. The molecule has 2 N–H and O–H groups in total. The summed E-state index contributed by atoms with van der Waals surface area (Å²) in [5.41, 5.74) is 10.1. The zero-order valence-corrected chi connectivity index (χ0v) is 22.2. The number of benzene rings is 2. The second-order valence-electron chi connectivity index (χ2n) is 9.12. The molecule has 202 valence electrons. The van der Waals surface area contributed by atoms with Crippen molar-refractivity contribution in [1.29, 1.82) is 0 Å². The molecule has 4 aromatic rings. The van der Waals surface area contributed by atoms with Gasteiger partial charge in [-0.1, -0.05) is 73.5 Å². The summed E-state index contributed by atoms with van der Waals surface area (Å²) in [6, 6.07) is 26.9. The van der Waals surface area contributed by atoms with Crippen molar-refractivity contribution >= 4 is 23.2 Å². The predicted octanol–water partition coefficient (Wildman–Crippen LogP) is 5.25. The van der Waals surface area contributed by atoms with Gasteiger partial charge in [-0.3, -0.25) is 19.6 Å². The lowest BCUT2D eigenvalue weighted by Crippen LogP contribution is -2.20. The Bertz CT molecular complexity index is 1220. The van der Waals surface area contributed by atoms with Crippen LogP contribution in [0.25, 0.3) is 0 Å². The number of aromatic nitrogens is 2. The van der Waals surface area contributed by atoms with Crippen molar-refractivity contribution in [2.24, 2.45) is 10.2 Å². The minimum Gasteiger partial charge on any atom is -0.273 e. The molecule has 0 aliphatic rings. The normalized spacial score (nSPS) is 11.6. The van der Waals surface area contributed by atoms with Crippen LogP contribution in [0.1, 0.15) is 60.8 Å². The summed E-state index contributed by atoms with van der Waals surface area (Å²) in [4.78, 5) is 33.2. The van der Waals surface area contributed by atoms with Crippen molar-refractivity contribution in [3.05, 3.63) is 132 Å². The predicted molar refractivity (Wildman–Crippen MR) is 157 cm³/mol. The lowest BCUT2D eigenvalue weighted by Gasteiger charge is -2.08. The van der Waals surface area contributed by atoms with Gasteiger partial charge in [-0.05, 0) is 37.1 Å². The molecule has 8 heteroatoms. The lowest BCUT2D eigenvalue weighted by molar-refractivity contribution is -0.122. The van der Waals surface area contributed by atoms with Crippen LogP contribution < -0.4 is 10.9 Å². The highest BCUT2D eigenvalue weighted by atomic mass is 16.2. The minimum atomic E-state index is -0.145. The molecule has 0 unspecified atom stereocenters. The van der Waals surface area contributed by atoms with Gasteiger partial charge in [0.2, 0.25) is 11.8 Å². The second kappa shape index (κ2) is 15.4. The standard InChI is InChI=1S/C32H32N6O2/c39-29(35-37-31(25-13-5-3-6-14-25)27-17-11-21-33-23-27)19-9-1-2-10-20-30(40)36-38-32(26-15-7-4-8-16-26)28-18-12-22-34-24-28/h3-8,11-18,21-24H,1-2,9-10,19-20H2,(H,35,39)(H,36,40). The summed E-state index contributed by atoms with van der Waals surface area (Å²) in [7, 11) is 0. The molecule has 2 aromatic heterocycles. The molecular formula is C32H32N6O2. The Morgan fingerprint density at radius 2 is 0.925 bits per heavy atom. The maximum Gasteiger partial charge on any atom is 0.240 e. The van der Waals surface area contributed by atoms with E-state index in [2.05, 4.69) is 31.0 Å². The van der Waals surface area contributed by atoms with Crippen molar-refractivity contribution in [3.8, 4) is 0 Å². The van der Waals surface area contributed by atoms with Crippen molar-refractivity contribution in [2.75, 3.05) is 0 Å². The van der Waals surface area contributed by atoms with Crippen molar-refractivity contribution < 1.29 is 9.59 Å². The van der Waals surface area contributed by atoms with E-state index in [9.17, 15) is 9.59 Å². The maximum atomic E-state index is 12.4. The zero-order valence-electron chi connectivity index (χ0n) is 22.2. The summed E-state index contributed by atoms with van der Waals surface area (Å²) in [5.74, 6) is -0.290. The first kappa shape index (κ1) is 28.0. The molecule has 0 spiro atoms. The van der Waals surface area contributed by atoms with Crippen LogP contribution in [0.2, 0.25) is 0 Å². The first-order valence-corrected chi connectivity index (χ1v) is 13.4. The molecule has 2 amide bonds. The topological polar surface area (TPSA) is 109 Å². The van der Waals surface area contributed by atoms with Crippen molar-refractivity contribution in [1.82, 2.24) is 20.8 Å². The number of hydrazone groups is 2. The number of hydrogen-bond donors (Lipinski definition) is 2. The Kier molecular flexibility index (Phi) is 10.8. The zero-order chi connectivity index (χ0) is 27.8. The van der Waals surface area contributed by atoms with E-state index in [4.69, 9.17) is 0 Å². The second-order valence-corrected chi connectivity index (χ2v) is 9.12. The smallest absolute Gasteiger partial charge is 0.240 e. The highest BCUT2D eigenvalue weighted by Gasteiger charge is 2.10. The Labute approximate surface area is 234 Å². The average molecular weight is 533 g/mol. The van der Waals surface area contributed by atoms with E-state index < -0.39 is 0 Å². The molecule has 0 aliphatic heterocycles. The van der Waals surface area contributed by atoms with Gasteiger partial charge in [0.25, 0.3) is 0 Å². The van der Waals surface area contributed by atoms with Gasteiger partial charge in [-0.2, -0.15) is 10.2 Å². The number of carbonyl (C=O) groups is 2. The monoisotopic (exact) mass is 532 g/mol. The first-order valence-electron chi connectivity index (χ1n) is 13.4. The highest BCUT2D eigenvalue weighted by molar-refractivity contribution is 6.13. The van der Waals surface area contributed by atoms with Gasteiger partial charge in [0, 0.05) is 59.9 Å². The lowest BCUT2D eigenvalue weighted by atomic mass is 10.0. The summed E-state index contributed by atoms with van der Waals surface area (Å²) in [6.07, 6.45) is 10.7. The number of nitrogens with one attached hydrogen (secondary N) is 2. The van der Waals surface area contributed by atoms with Crippen LogP contribution in [0.15, 0.2) is 120 Å². The van der Waals surface area contributed by atoms with Gasteiger partial charge >= 0.3 is 0 Å². The van der Waals surface area contributed by atoms with Gasteiger partial charge < -0.3 is 0 Å². The molecule has 0 radical (unpaired) electrons. The molecule has 0 saturated carbocycles. The van der Waals surface area contributed by atoms with Crippen LogP contribution in [-0.2, 0) is 9.59 Å². The van der Waals surface area contributed by atoms with E-state index in [-0.39, 0.29) is 11.8 Å². The third-order valence-corrected chi connectivity index (χ3v) is 6.11. The molecule has 0 saturated heterocycles. The summed E-state index contributed by atoms with van der Waals surface area (Å²) in [6.45, 7) is 0. The molecule has 4 rings (SSSR count). The van der Waals surface area contributed by atoms with Gasteiger partial charge in [0.05, 0.1) is 11.4 Å². The van der Waals surface area contributed by atoms with Crippen molar-refractivity contribution in [3.63, 3.8) is 0 Å². The van der Waals surface area contributed by atoms with E-state index in [1.807, 2.05) is 84.9 Å². The number of unbranched alkanes of at least 4 members (excludes halogenated alkanes) is 3. The van der Waals surface area contributed by atoms with Crippen LogP contribution >= 0.6 is 0 Å². The van der Waals surface area contributed by atoms with Gasteiger partial charge in [0.1, 0.15) is 0 Å². The maximum absolute atomic E-state index is 12.4. The van der Waals surface area contributed by atoms with Crippen LogP contribution in [0.4, 0.5) is 0 Å². The number of nitrogens with zero attached hydrogens (tertiary/aromatic N) is 4. The molecule has 40 heavy (non-hydrogen) atoms. The molecule has 2 aromatic carbocycles. The molecule has 0 bridgehead atoms. The molecular weight excluding hydrogens is 500 g/mol. The van der Waals surface area contributed by atoms with Gasteiger partial charge in [-0.15, -0.1) is 0 Å². The van der Waals surface area contributed by atoms with Crippen LogP contribution in [0, 0.1) is 0 Å². The number of amides is 2. The van der Waals surface area contributed by atoms with E-state index in [1.165, 1.54) is 0 Å². The highest BCUT2D eigenvalue weighted by Crippen LogP contribution is 2.11. The Hall–Kier alpha value is -4.98. The quantitative estimate of drug-likeness (QED) is 0.139. The molecule has 0 atom stereocenters. The van der Waals surface area contributed by atoms with E-state index in [0.717, 1.165) is 35.1 Å². The first-order chi connectivity index (χ1) is 19.7. The fourth-order valence-corrected chi connectivity index (χ4v) is 4.06. The Balaban J connectivity index is 1.19. The average Bonchev–Trinajstić information content (AvgIpc) is 3.01. The molecule has 2 heterocycles. The molecule has 0 aliphatic carbocycles. The Morgan fingerprint density at radius 3 is 1.30 bits per heavy atom. The summed E-state index contributed by atoms with van der Waals surface area (Å²) < 4.78 is 0. The summed E-state index contributed by atoms with van der Waals surface area (Å²) >= 11 is 0. The number of carbonyl (C=O) groups excluding carboxylic acids is 2. The third kappa shape index (κ3) is 8.80. The minimum absolute atomic E-state index is 0.145. The van der Waals surface area contributed by atoms with Crippen LogP contribution in [0.5, 0.6) is 0 Å². The van der Waals surface area contributed by atoms with Crippen LogP contribution in [-0.4, -0.2) is 33.2 Å². The SMILES string of the molecule is O=C(CCCCCCC(=O)NN=C(c1ccccc1)c1cccnc1)NN=C(c1ccccc1)c1cccnc1. The van der Waals surface area contributed by atoms with E-state index in [1.54, 1.807) is 24.8 Å². The van der Waals surface area contributed by atoms with E-state index >= 15 is 0 Å². The fraction of sp³-hybridized carbons (Fsp3) is 0.188. The third-order valence-electron chi connectivity index (χ3n) is 6.11. The van der Waals surface area contributed by atoms with Gasteiger partial charge in [-0.25, -0.2) is 10.9 Å². The fourth-order valence-electron chi connectivity index (χ4n) is 4.06. The molecule has 8 nitrogen and oxygen atoms in total. The number of rotatable bonds is 13.